The SMILES string of the molecule is CCC1C(=O)N(C)C2=C(NC(c3[nH]ncc3-c3ccccc3)N=C2)N1C1CCCC1. The van der Waals surface area contributed by atoms with Gasteiger partial charge in [-0.3, -0.25) is 14.9 Å². The maximum atomic E-state index is 13.1. The van der Waals surface area contributed by atoms with E-state index < -0.39 is 0 Å². The van der Waals surface area contributed by atoms with Crippen molar-refractivity contribution >= 4 is 12.1 Å². The number of carbonyl (C=O) groups excluding carboxylic acids is 1. The molecule has 156 valence electrons. The van der Waals surface area contributed by atoms with Crippen LogP contribution in [0.2, 0.25) is 0 Å². The fourth-order valence-electron chi connectivity index (χ4n) is 5.01. The van der Waals surface area contributed by atoms with Gasteiger partial charge in [0.2, 0.25) is 5.91 Å². The molecule has 7 nitrogen and oxygen atoms in total. The van der Waals surface area contributed by atoms with Crippen LogP contribution in [0.1, 0.15) is 50.9 Å². The number of likely N-dealkylation sites (N-methyl/N-ethyl adjacent to an activating group) is 1. The van der Waals surface area contributed by atoms with Gasteiger partial charge in [-0.1, -0.05) is 50.1 Å². The molecule has 5 rings (SSSR count). The molecule has 0 radical (unpaired) electrons. The number of hydrogen-bond acceptors (Lipinski definition) is 5. The van der Waals surface area contributed by atoms with Crippen LogP contribution in [-0.2, 0) is 4.79 Å². The zero-order valence-electron chi connectivity index (χ0n) is 17.5. The summed E-state index contributed by atoms with van der Waals surface area (Å²) in [7, 11) is 1.85. The molecule has 2 aromatic rings. The molecule has 3 aliphatic rings. The summed E-state index contributed by atoms with van der Waals surface area (Å²) in [4.78, 5) is 21.9. The minimum absolute atomic E-state index is 0.133. The van der Waals surface area contributed by atoms with Crippen molar-refractivity contribution in [2.24, 2.45) is 4.99 Å². The lowest BCUT2D eigenvalue weighted by Gasteiger charge is -2.47. The lowest BCUT2D eigenvalue weighted by Crippen LogP contribution is -2.58. The summed E-state index contributed by atoms with van der Waals surface area (Å²) in [5, 5.41) is 11.1. The monoisotopic (exact) mass is 404 g/mol. The van der Waals surface area contributed by atoms with Gasteiger partial charge in [-0.15, -0.1) is 0 Å². The first-order chi connectivity index (χ1) is 14.7. The summed E-state index contributed by atoms with van der Waals surface area (Å²) in [6, 6.07) is 10.5. The average Bonchev–Trinajstić information content (AvgIpc) is 3.48. The van der Waals surface area contributed by atoms with E-state index in [9.17, 15) is 4.79 Å². The van der Waals surface area contributed by atoms with E-state index in [2.05, 4.69) is 39.5 Å². The lowest BCUT2D eigenvalue weighted by molar-refractivity contribution is -0.136. The highest BCUT2D eigenvalue weighted by molar-refractivity contribution is 5.93. The summed E-state index contributed by atoms with van der Waals surface area (Å²) in [5.41, 5.74) is 3.93. The van der Waals surface area contributed by atoms with Gasteiger partial charge in [0.05, 0.1) is 18.1 Å². The molecule has 1 saturated carbocycles. The highest BCUT2D eigenvalue weighted by Gasteiger charge is 2.43. The second kappa shape index (κ2) is 7.63. The van der Waals surface area contributed by atoms with Gasteiger partial charge in [-0.05, 0) is 24.8 Å². The van der Waals surface area contributed by atoms with Crippen molar-refractivity contribution in [2.75, 3.05) is 7.05 Å². The third-order valence-electron chi connectivity index (χ3n) is 6.56. The van der Waals surface area contributed by atoms with Crippen LogP contribution in [0.15, 0.2) is 53.0 Å². The topological polar surface area (TPSA) is 76.6 Å². The fraction of sp³-hybridized carbons (Fsp3) is 0.435. The Morgan fingerprint density at radius 3 is 2.67 bits per heavy atom. The Bertz CT molecular complexity index is 988. The summed E-state index contributed by atoms with van der Waals surface area (Å²) < 4.78 is 0. The van der Waals surface area contributed by atoms with Crippen molar-refractivity contribution in [1.82, 2.24) is 25.3 Å². The van der Waals surface area contributed by atoms with E-state index in [0.717, 1.165) is 47.6 Å². The third-order valence-corrected chi connectivity index (χ3v) is 6.56. The molecule has 0 spiro atoms. The summed E-state index contributed by atoms with van der Waals surface area (Å²) in [5.74, 6) is 1.17. The normalized spacial score (nSPS) is 24.4. The van der Waals surface area contributed by atoms with Gasteiger partial charge >= 0.3 is 0 Å². The van der Waals surface area contributed by atoms with Crippen LogP contribution >= 0.6 is 0 Å². The molecule has 2 unspecified atom stereocenters. The standard InChI is InChI=1S/C23H28N6O/c1-3-18-23(30)28(2)19-14-24-21(26-22(19)29(18)16-11-7-8-12-16)20-17(13-25-27-20)15-9-5-4-6-10-15/h4-6,9-10,13-14,16,18,21,26H,3,7-8,11-12H2,1-2H3,(H,25,27). The molecule has 2 N–H and O–H groups in total. The Kier molecular flexibility index (Phi) is 4.81. The molecule has 30 heavy (non-hydrogen) atoms. The van der Waals surface area contributed by atoms with Gasteiger partial charge in [-0.25, -0.2) is 0 Å². The Morgan fingerprint density at radius 1 is 1.17 bits per heavy atom. The van der Waals surface area contributed by atoms with E-state index in [4.69, 9.17) is 4.99 Å². The van der Waals surface area contributed by atoms with Crippen LogP contribution < -0.4 is 5.32 Å². The average molecular weight is 405 g/mol. The molecule has 3 heterocycles. The van der Waals surface area contributed by atoms with Gasteiger partial charge in [0.25, 0.3) is 0 Å². The van der Waals surface area contributed by atoms with E-state index in [1.165, 1.54) is 12.8 Å². The highest BCUT2D eigenvalue weighted by atomic mass is 16.2. The molecule has 0 saturated heterocycles. The molecule has 2 aliphatic heterocycles. The smallest absolute Gasteiger partial charge is 0.249 e. The van der Waals surface area contributed by atoms with Gasteiger partial charge in [0, 0.05) is 18.7 Å². The molecule has 1 aliphatic carbocycles. The van der Waals surface area contributed by atoms with Gasteiger partial charge in [0.1, 0.15) is 17.6 Å². The Hall–Kier alpha value is -3.09. The van der Waals surface area contributed by atoms with E-state index >= 15 is 0 Å². The minimum Gasteiger partial charge on any atom is -0.343 e. The number of hydrogen-bond donors (Lipinski definition) is 2. The lowest BCUT2D eigenvalue weighted by atomic mass is 10.0. The number of carbonyl (C=O) groups is 1. The molecular formula is C23H28N6O. The first-order valence-electron chi connectivity index (χ1n) is 10.9. The van der Waals surface area contributed by atoms with Crippen molar-refractivity contribution < 1.29 is 4.79 Å². The fourth-order valence-corrected chi connectivity index (χ4v) is 5.01. The van der Waals surface area contributed by atoms with Crippen LogP contribution in [-0.4, -0.2) is 51.3 Å². The van der Waals surface area contributed by atoms with Crippen molar-refractivity contribution in [1.29, 1.82) is 0 Å². The molecule has 7 heteroatoms. The van der Waals surface area contributed by atoms with Crippen molar-refractivity contribution in [3.8, 4) is 11.1 Å². The molecule has 1 aromatic heterocycles. The highest BCUT2D eigenvalue weighted by Crippen LogP contribution is 2.37. The molecule has 2 atom stereocenters. The van der Waals surface area contributed by atoms with Gasteiger partial charge in [0.15, 0.2) is 6.17 Å². The number of allylic oxidation sites excluding steroid dienone is 1. The van der Waals surface area contributed by atoms with Crippen LogP contribution in [0.25, 0.3) is 11.1 Å². The van der Waals surface area contributed by atoms with Crippen LogP contribution in [0.4, 0.5) is 0 Å². The number of benzene rings is 1. The first kappa shape index (κ1) is 18.9. The predicted molar refractivity (Wildman–Crippen MR) is 116 cm³/mol. The summed E-state index contributed by atoms with van der Waals surface area (Å²) in [6.45, 7) is 2.10. The molecule has 1 fully saturated rings. The number of aromatic amines is 1. The van der Waals surface area contributed by atoms with E-state index in [-0.39, 0.29) is 18.1 Å². The number of aromatic nitrogens is 2. The summed E-state index contributed by atoms with van der Waals surface area (Å²) >= 11 is 0. The number of nitrogens with zero attached hydrogens (tertiary/aromatic N) is 4. The zero-order valence-corrected chi connectivity index (χ0v) is 17.5. The quantitative estimate of drug-likeness (QED) is 0.819. The molecule has 0 bridgehead atoms. The first-order valence-corrected chi connectivity index (χ1v) is 10.9. The number of nitrogens with one attached hydrogen (secondary N) is 2. The van der Waals surface area contributed by atoms with Crippen molar-refractivity contribution in [2.45, 2.75) is 57.3 Å². The summed E-state index contributed by atoms with van der Waals surface area (Å²) in [6.07, 6.45) is 8.92. The Balaban J connectivity index is 1.52. The Morgan fingerprint density at radius 2 is 1.93 bits per heavy atom. The van der Waals surface area contributed by atoms with Crippen LogP contribution in [0.3, 0.4) is 0 Å². The maximum Gasteiger partial charge on any atom is 0.249 e. The zero-order chi connectivity index (χ0) is 20.7. The van der Waals surface area contributed by atoms with E-state index in [1.807, 2.05) is 37.7 Å². The van der Waals surface area contributed by atoms with E-state index in [1.54, 1.807) is 4.90 Å². The molecule has 1 amide bonds. The number of rotatable bonds is 4. The second-order valence-electron chi connectivity index (χ2n) is 8.29. The number of aliphatic imine (C=N–C) groups is 1. The molecule has 1 aromatic carbocycles. The Labute approximate surface area is 176 Å². The number of amides is 1. The molecular weight excluding hydrogens is 376 g/mol. The second-order valence-corrected chi connectivity index (χ2v) is 8.29. The number of H-pyrrole nitrogens is 1. The minimum atomic E-state index is -0.274. The predicted octanol–water partition coefficient (Wildman–Crippen LogP) is 3.41. The third kappa shape index (κ3) is 3.00. The van der Waals surface area contributed by atoms with Crippen molar-refractivity contribution in [3.05, 3.63) is 53.7 Å². The van der Waals surface area contributed by atoms with E-state index in [0.29, 0.717) is 6.04 Å². The van der Waals surface area contributed by atoms with Crippen molar-refractivity contribution in [3.63, 3.8) is 0 Å². The van der Waals surface area contributed by atoms with Crippen LogP contribution in [0, 0.1) is 0 Å². The van der Waals surface area contributed by atoms with Gasteiger partial charge in [-0.2, -0.15) is 5.10 Å². The largest absolute Gasteiger partial charge is 0.343 e. The van der Waals surface area contributed by atoms with Crippen LogP contribution in [0.5, 0.6) is 0 Å². The maximum absolute atomic E-state index is 13.1. The van der Waals surface area contributed by atoms with Gasteiger partial charge < -0.3 is 15.1 Å².